The molecule has 0 aliphatic rings. The van der Waals surface area contributed by atoms with Crippen molar-refractivity contribution in [3.8, 4) is 23.0 Å². The molecule has 0 spiro atoms. The Hall–Kier alpha value is -3.21. The Bertz CT molecular complexity index is 924. The molecule has 0 saturated heterocycles. The van der Waals surface area contributed by atoms with E-state index >= 15 is 0 Å². The van der Waals surface area contributed by atoms with Gasteiger partial charge in [-0.05, 0) is 24.5 Å². The lowest BCUT2D eigenvalue weighted by Crippen LogP contribution is -2.28. The van der Waals surface area contributed by atoms with E-state index in [4.69, 9.17) is 4.74 Å². The van der Waals surface area contributed by atoms with Crippen LogP contribution in [0.3, 0.4) is 0 Å². The van der Waals surface area contributed by atoms with Crippen molar-refractivity contribution in [3.63, 3.8) is 0 Å². The third kappa shape index (κ3) is 4.70. The molecule has 0 atom stereocenters. The Balaban J connectivity index is 1.99. The summed E-state index contributed by atoms with van der Waals surface area (Å²) in [4.78, 5) is 21.5. The first-order valence-electron chi connectivity index (χ1n) is 8.98. The average molecular weight is 361 g/mol. The second kappa shape index (κ2) is 8.45. The van der Waals surface area contributed by atoms with Gasteiger partial charge in [-0.2, -0.15) is 4.98 Å². The second-order valence-electron chi connectivity index (χ2n) is 6.75. The molecule has 5 heteroatoms. The fourth-order valence-corrected chi connectivity index (χ4v) is 2.49. The second-order valence-corrected chi connectivity index (χ2v) is 6.75. The molecule has 5 nitrogen and oxygen atoms in total. The molecular weight excluding hydrogens is 338 g/mol. The van der Waals surface area contributed by atoms with Crippen LogP contribution < -0.4 is 10.1 Å². The molecule has 3 aromatic rings. The van der Waals surface area contributed by atoms with Gasteiger partial charge in [0.15, 0.2) is 5.82 Å². The minimum absolute atomic E-state index is 0.244. The summed E-state index contributed by atoms with van der Waals surface area (Å²) in [5, 5.41) is 2.90. The zero-order chi connectivity index (χ0) is 19.2. The van der Waals surface area contributed by atoms with Crippen LogP contribution in [0, 0.1) is 12.8 Å². The minimum atomic E-state index is -0.244. The van der Waals surface area contributed by atoms with Crippen molar-refractivity contribution in [2.45, 2.75) is 20.8 Å². The standard InChI is InChI=1S/C22H23N3O2/c1-15(2)13-24-21(26)18-14-23-20(17-10-5-4-6-11-17)25-22(18)27-19-12-8-7-9-16(19)3/h4-12,14-15H,13H2,1-3H3,(H,24,26). The number of aromatic nitrogens is 2. The number of nitrogens with one attached hydrogen (secondary N) is 1. The maximum absolute atomic E-state index is 12.6. The zero-order valence-corrected chi connectivity index (χ0v) is 15.8. The molecule has 0 radical (unpaired) electrons. The average Bonchev–Trinajstić information content (AvgIpc) is 2.68. The third-order valence-corrected chi connectivity index (χ3v) is 4.00. The van der Waals surface area contributed by atoms with E-state index < -0.39 is 0 Å². The molecule has 1 amide bonds. The lowest BCUT2D eigenvalue weighted by Gasteiger charge is -2.13. The quantitative estimate of drug-likeness (QED) is 0.695. The van der Waals surface area contributed by atoms with Crippen LogP contribution in [0.1, 0.15) is 29.8 Å². The molecule has 0 bridgehead atoms. The first kappa shape index (κ1) is 18.6. The number of aryl methyl sites for hydroxylation is 1. The highest BCUT2D eigenvalue weighted by Crippen LogP contribution is 2.28. The van der Waals surface area contributed by atoms with E-state index in [0.29, 0.717) is 29.6 Å². The van der Waals surface area contributed by atoms with Crippen molar-refractivity contribution < 1.29 is 9.53 Å². The Morgan fingerprint density at radius 3 is 2.48 bits per heavy atom. The molecule has 0 fully saturated rings. The van der Waals surface area contributed by atoms with Crippen molar-refractivity contribution in [1.29, 1.82) is 0 Å². The van der Waals surface area contributed by atoms with E-state index in [1.54, 1.807) is 0 Å². The highest BCUT2D eigenvalue weighted by atomic mass is 16.5. The Labute approximate surface area is 159 Å². The van der Waals surface area contributed by atoms with Crippen LogP contribution in [-0.4, -0.2) is 22.4 Å². The van der Waals surface area contributed by atoms with Gasteiger partial charge in [-0.1, -0.05) is 62.4 Å². The first-order valence-corrected chi connectivity index (χ1v) is 8.98. The van der Waals surface area contributed by atoms with Gasteiger partial charge < -0.3 is 10.1 Å². The molecule has 138 valence electrons. The lowest BCUT2D eigenvalue weighted by molar-refractivity contribution is 0.0945. The van der Waals surface area contributed by atoms with Crippen LogP contribution in [0.4, 0.5) is 0 Å². The first-order chi connectivity index (χ1) is 13.0. The van der Waals surface area contributed by atoms with Gasteiger partial charge in [-0.25, -0.2) is 4.98 Å². The summed E-state index contributed by atoms with van der Waals surface area (Å²) < 4.78 is 6.02. The van der Waals surface area contributed by atoms with E-state index in [9.17, 15) is 4.79 Å². The number of ether oxygens (including phenoxy) is 1. The lowest BCUT2D eigenvalue weighted by atomic mass is 10.2. The largest absolute Gasteiger partial charge is 0.438 e. The van der Waals surface area contributed by atoms with Crippen molar-refractivity contribution in [1.82, 2.24) is 15.3 Å². The van der Waals surface area contributed by atoms with Crippen LogP contribution in [0.25, 0.3) is 11.4 Å². The summed E-state index contributed by atoms with van der Waals surface area (Å²) in [7, 11) is 0. The van der Waals surface area contributed by atoms with E-state index in [0.717, 1.165) is 11.1 Å². The SMILES string of the molecule is Cc1ccccc1Oc1nc(-c2ccccc2)ncc1C(=O)NCC(C)C. The highest BCUT2D eigenvalue weighted by molar-refractivity contribution is 5.96. The van der Waals surface area contributed by atoms with Gasteiger partial charge in [0.05, 0.1) is 0 Å². The third-order valence-electron chi connectivity index (χ3n) is 4.00. The van der Waals surface area contributed by atoms with Crippen molar-refractivity contribution in [2.75, 3.05) is 6.54 Å². The van der Waals surface area contributed by atoms with Gasteiger partial charge in [0.1, 0.15) is 11.3 Å². The molecule has 27 heavy (non-hydrogen) atoms. The zero-order valence-electron chi connectivity index (χ0n) is 15.8. The predicted molar refractivity (Wildman–Crippen MR) is 106 cm³/mol. The number of nitrogens with zero attached hydrogens (tertiary/aromatic N) is 2. The molecule has 3 rings (SSSR count). The summed E-state index contributed by atoms with van der Waals surface area (Å²) in [5.74, 6) is 1.53. The van der Waals surface area contributed by atoms with E-state index in [1.807, 2.05) is 75.4 Å². The van der Waals surface area contributed by atoms with Gasteiger partial charge in [-0.15, -0.1) is 0 Å². The van der Waals surface area contributed by atoms with Crippen LogP contribution >= 0.6 is 0 Å². The van der Waals surface area contributed by atoms with Crippen molar-refractivity contribution >= 4 is 5.91 Å². The molecule has 0 aliphatic heterocycles. The van der Waals surface area contributed by atoms with Crippen LogP contribution in [0.5, 0.6) is 11.6 Å². The number of hydrogen-bond acceptors (Lipinski definition) is 4. The maximum atomic E-state index is 12.6. The molecule has 1 heterocycles. The molecule has 0 aliphatic carbocycles. The predicted octanol–water partition coefficient (Wildman–Crippen LogP) is 4.63. The van der Waals surface area contributed by atoms with Crippen LogP contribution in [0.15, 0.2) is 60.8 Å². The number of benzene rings is 2. The van der Waals surface area contributed by atoms with Crippen LogP contribution in [0.2, 0.25) is 0 Å². The topological polar surface area (TPSA) is 64.1 Å². The maximum Gasteiger partial charge on any atom is 0.258 e. The van der Waals surface area contributed by atoms with E-state index in [1.165, 1.54) is 6.20 Å². The number of para-hydroxylation sites is 1. The molecule has 2 aromatic carbocycles. The van der Waals surface area contributed by atoms with Crippen molar-refractivity contribution in [3.05, 3.63) is 71.9 Å². The number of hydrogen-bond donors (Lipinski definition) is 1. The summed E-state index contributed by atoms with van der Waals surface area (Å²) >= 11 is 0. The fourth-order valence-electron chi connectivity index (χ4n) is 2.49. The summed E-state index contributed by atoms with van der Waals surface area (Å²) in [6.07, 6.45) is 1.53. The Morgan fingerprint density at radius 1 is 1.07 bits per heavy atom. The summed E-state index contributed by atoms with van der Waals surface area (Å²) in [6, 6.07) is 17.3. The normalized spacial score (nSPS) is 10.7. The van der Waals surface area contributed by atoms with Crippen LogP contribution in [-0.2, 0) is 0 Å². The summed E-state index contributed by atoms with van der Waals surface area (Å²) in [6.45, 7) is 6.61. The smallest absolute Gasteiger partial charge is 0.258 e. The number of rotatable bonds is 6. The molecule has 1 aromatic heterocycles. The van der Waals surface area contributed by atoms with Crippen molar-refractivity contribution in [2.24, 2.45) is 5.92 Å². The van der Waals surface area contributed by atoms with E-state index in [-0.39, 0.29) is 11.8 Å². The molecular formula is C22H23N3O2. The van der Waals surface area contributed by atoms with E-state index in [2.05, 4.69) is 15.3 Å². The molecule has 0 saturated carbocycles. The number of amides is 1. The Kier molecular flexibility index (Phi) is 5.81. The minimum Gasteiger partial charge on any atom is -0.438 e. The monoisotopic (exact) mass is 361 g/mol. The van der Waals surface area contributed by atoms with Gasteiger partial charge in [-0.3, -0.25) is 4.79 Å². The van der Waals surface area contributed by atoms with Gasteiger partial charge in [0, 0.05) is 18.3 Å². The number of carbonyl (C=O) groups excluding carboxylic acids is 1. The fraction of sp³-hybridized carbons (Fsp3) is 0.227. The molecule has 0 unspecified atom stereocenters. The van der Waals surface area contributed by atoms with Gasteiger partial charge in [0.2, 0.25) is 5.88 Å². The number of carbonyl (C=O) groups is 1. The van der Waals surface area contributed by atoms with Gasteiger partial charge >= 0.3 is 0 Å². The molecule has 1 N–H and O–H groups in total. The van der Waals surface area contributed by atoms with Gasteiger partial charge in [0.25, 0.3) is 5.91 Å². The highest BCUT2D eigenvalue weighted by Gasteiger charge is 2.18. The Morgan fingerprint density at radius 2 is 1.78 bits per heavy atom. The summed E-state index contributed by atoms with van der Waals surface area (Å²) in [5.41, 5.74) is 2.14.